The van der Waals surface area contributed by atoms with Gasteiger partial charge in [-0.15, -0.1) is 22.7 Å². The first kappa shape index (κ1) is 20.1. The molecule has 3 aromatic heterocycles. The Balaban J connectivity index is 1.39. The molecule has 3 heterocycles. The Hall–Kier alpha value is -2.15. The van der Waals surface area contributed by atoms with E-state index in [0.29, 0.717) is 23.4 Å². The van der Waals surface area contributed by atoms with Gasteiger partial charge in [0.05, 0.1) is 26.3 Å². The number of benzene rings is 1. The van der Waals surface area contributed by atoms with E-state index in [4.69, 9.17) is 16.6 Å². The maximum atomic E-state index is 13.9. The monoisotopic (exact) mass is 443 g/mol. The second kappa shape index (κ2) is 8.69. The molecule has 0 radical (unpaired) electrons. The maximum absolute atomic E-state index is 13.9. The van der Waals surface area contributed by atoms with Gasteiger partial charge in [0.25, 0.3) is 0 Å². The number of hydrogen-bond donors (Lipinski definition) is 0. The molecule has 0 atom stereocenters. The first-order valence-corrected chi connectivity index (χ1v) is 11.3. The van der Waals surface area contributed by atoms with Crippen LogP contribution >= 0.6 is 34.3 Å². The first-order valence-electron chi connectivity index (χ1n) is 9.24. The Kier molecular flexibility index (Phi) is 6.04. The van der Waals surface area contributed by atoms with Gasteiger partial charge in [0.1, 0.15) is 5.82 Å². The third-order valence-corrected chi connectivity index (χ3v) is 6.78. The summed E-state index contributed by atoms with van der Waals surface area (Å²) in [6.45, 7) is 4.04. The van der Waals surface area contributed by atoms with Gasteiger partial charge >= 0.3 is 0 Å². The van der Waals surface area contributed by atoms with Crippen molar-refractivity contribution in [3.63, 3.8) is 0 Å². The standard InChI is InChI=1S/C22H19ClFN3S2/c1-13-22(29-14(2)26-13)20-12-28-21(27-20)10-18-8-4-15(11-25-18)3-5-16-6-7-17(23)9-19(16)24/h4,6-9,11-12H,3,5,10H2,1-2H3. The Morgan fingerprint density at radius 1 is 1.07 bits per heavy atom. The van der Waals surface area contributed by atoms with Crippen LogP contribution in [0.1, 0.15) is 32.5 Å². The van der Waals surface area contributed by atoms with Crippen LogP contribution in [0.15, 0.2) is 41.9 Å². The highest BCUT2D eigenvalue weighted by molar-refractivity contribution is 7.15. The molecule has 1 aromatic carbocycles. The highest BCUT2D eigenvalue weighted by Gasteiger charge is 2.12. The molecular formula is C22H19ClFN3S2. The molecule has 3 nitrogen and oxygen atoms in total. The quantitative estimate of drug-likeness (QED) is 0.344. The topological polar surface area (TPSA) is 38.7 Å². The Morgan fingerprint density at radius 2 is 1.93 bits per heavy atom. The molecule has 0 fully saturated rings. The van der Waals surface area contributed by atoms with E-state index < -0.39 is 0 Å². The molecule has 0 spiro atoms. The average Bonchev–Trinajstić information content (AvgIpc) is 3.28. The minimum absolute atomic E-state index is 0.256. The molecular weight excluding hydrogens is 425 g/mol. The molecule has 0 saturated carbocycles. The van der Waals surface area contributed by atoms with Gasteiger partial charge in [0.2, 0.25) is 0 Å². The number of halogens is 2. The van der Waals surface area contributed by atoms with Crippen LogP contribution in [0.2, 0.25) is 5.02 Å². The van der Waals surface area contributed by atoms with Gasteiger partial charge in [0.15, 0.2) is 0 Å². The van der Waals surface area contributed by atoms with E-state index in [1.54, 1.807) is 34.8 Å². The minimum atomic E-state index is -0.256. The third-order valence-electron chi connectivity index (χ3n) is 4.60. The number of rotatable bonds is 6. The number of aryl methyl sites for hydroxylation is 4. The molecule has 0 unspecified atom stereocenters. The number of hydrogen-bond acceptors (Lipinski definition) is 5. The van der Waals surface area contributed by atoms with Crippen molar-refractivity contribution < 1.29 is 4.39 Å². The highest BCUT2D eigenvalue weighted by atomic mass is 35.5. The van der Waals surface area contributed by atoms with Crippen molar-refractivity contribution >= 4 is 34.3 Å². The Morgan fingerprint density at radius 3 is 2.62 bits per heavy atom. The van der Waals surface area contributed by atoms with Gasteiger partial charge in [0, 0.05) is 28.7 Å². The number of thiazole rings is 2. The first-order chi connectivity index (χ1) is 14.0. The number of nitrogens with zero attached hydrogens (tertiary/aromatic N) is 3. The normalized spacial score (nSPS) is 11.2. The van der Waals surface area contributed by atoms with E-state index in [2.05, 4.69) is 21.4 Å². The molecule has 0 N–H and O–H groups in total. The lowest BCUT2D eigenvalue weighted by Gasteiger charge is -2.05. The van der Waals surface area contributed by atoms with Crippen LogP contribution in [0.4, 0.5) is 4.39 Å². The predicted octanol–water partition coefficient (Wildman–Crippen LogP) is 6.45. The molecule has 29 heavy (non-hydrogen) atoms. The molecule has 4 aromatic rings. The van der Waals surface area contributed by atoms with Crippen LogP contribution in [0.5, 0.6) is 0 Å². The van der Waals surface area contributed by atoms with Crippen molar-refractivity contribution in [2.75, 3.05) is 0 Å². The van der Waals surface area contributed by atoms with Gasteiger partial charge in [-0.25, -0.2) is 14.4 Å². The highest BCUT2D eigenvalue weighted by Crippen LogP contribution is 2.31. The average molecular weight is 444 g/mol. The lowest BCUT2D eigenvalue weighted by molar-refractivity contribution is 0.608. The summed E-state index contributed by atoms with van der Waals surface area (Å²) in [4.78, 5) is 15.0. The van der Waals surface area contributed by atoms with Crippen molar-refractivity contribution in [3.05, 3.63) is 85.3 Å². The van der Waals surface area contributed by atoms with Crippen LogP contribution < -0.4 is 0 Å². The summed E-state index contributed by atoms with van der Waals surface area (Å²) in [7, 11) is 0. The largest absolute Gasteiger partial charge is 0.261 e. The van der Waals surface area contributed by atoms with Crippen molar-refractivity contribution in [2.45, 2.75) is 33.1 Å². The Bertz CT molecular complexity index is 1140. The predicted molar refractivity (Wildman–Crippen MR) is 119 cm³/mol. The molecule has 0 aliphatic rings. The van der Waals surface area contributed by atoms with Gasteiger partial charge < -0.3 is 0 Å². The fourth-order valence-electron chi connectivity index (χ4n) is 3.13. The van der Waals surface area contributed by atoms with Crippen molar-refractivity contribution in [3.8, 4) is 10.6 Å². The van der Waals surface area contributed by atoms with E-state index >= 15 is 0 Å². The summed E-state index contributed by atoms with van der Waals surface area (Å²) < 4.78 is 13.9. The molecule has 4 rings (SSSR count). The summed E-state index contributed by atoms with van der Waals surface area (Å²) in [5.74, 6) is -0.256. The van der Waals surface area contributed by atoms with Gasteiger partial charge in [-0.05, 0) is 56.0 Å². The molecule has 7 heteroatoms. The molecule has 148 valence electrons. The number of aromatic nitrogens is 3. The van der Waals surface area contributed by atoms with Crippen LogP contribution in [0.3, 0.4) is 0 Å². The smallest absolute Gasteiger partial charge is 0.127 e. The molecule has 0 amide bonds. The zero-order valence-electron chi connectivity index (χ0n) is 16.1. The number of pyridine rings is 1. The molecule has 0 saturated heterocycles. The SMILES string of the molecule is Cc1nc(C)c(-c2csc(Cc3ccc(CCc4ccc(Cl)cc4F)cn3)n2)s1. The van der Waals surface area contributed by atoms with E-state index in [1.165, 1.54) is 6.07 Å². The van der Waals surface area contributed by atoms with Crippen molar-refractivity contribution in [2.24, 2.45) is 0 Å². The third kappa shape index (κ3) is 4.89. The van der Waals surface area contributed by atoms with Crippen molar-refractivity contribution in [1.82, 2.24) is 15.0 Å². The molecule has 0 bridgehead atoms. The van der Waals surface area contributed by atoms with Crippen LogP contribution in [0, 0.1) is 19.7 Å². The summed E-state index contributed by atoms with van der Waals surface area (Å²) in [6.07, 6.45) is 3.92. The lowest BCUT2D eigenvalue weighted by Crippen LogP contribution is -1.97. The fourth-order valence-corrected chi connectivity index (χ4v) is 5.05. The summed E-state index contributed by atoms with van der Waals surface area (Å²) in [6, 6.07) is 8.90. The van der Waals surface area contributed by atoms with Gasteiger partial charge in [-0.2, -0.15) is 0 Å². The zero-order chi connectivity index (χ0) is 20.4. The summed E-state index contributed by atoms with van der Waals surface area (Å²) in [5, 5.41) is 4.60. The van der Waals surface area contributed by atoms with Crippen LogP contribution in [0.25, 0.3) is 10.6 Å². The second-order valence-electron chi connectivity index (χ2n) is 6.84. The van der Waals surface area contributed by atoms with Crippen molar-refractivity contribution in [1.29, 1.82) is 0 Å². The molecule has 0 aliphatic carbocycles. The molecule has 0 aliphatic heterocycles. The fraction of sp³-hybridized carbons (Fsp3) is 0.227. The minimum Gasteiger partial charge on any atom is -0.261 e. The van der Waals surface area contributed by atoms with Crippen LogP contribution in [-0.2, 0) is 19.3 Å². The zero-order valence-corrected chi connectivity index (χ0v) is 18.5. The Labute approximate surface area is 182 Å². The van der Waals surface area contributed by atoms with E-state index in [9.17, 15) is 4.39 Å². The van der Waals surface area contributed by atoms with E-state index in [-0.39, 0.29) is 5.82 Å². The lowest BCUT2D eigenvalue weighted by atomic mass is 10.0. The summed E-state index contributed by atoms with van der Waals surface area (Å²) >= 11 is 9.13. The van der Waals surface area contributed by atoms with Gasteiger partial charge in [-0.1, -0.05) is 23.7 Å². The van der Waals surface area contributed by atoms with E-state index in [1.807, 2.05) is 26.1 Å². The van der Waals surface area contributed by atoms with Crippen LogP contribution in [-0.4, -0.2) is 15.0 Å². The summed E-state index contributed by atoms with van der Waals surface area (Å²) in [5.41, 5.74) is 4.75. The van der Waals surface area contributed by atoms with Gasteiger partial charge in [-0.3, -0.25) is 4.98 Å². The maximum Gasteiger partial charge on any atom is 0.127 e. The second-order valence-corrected chi connectivity index (χ2v) is 9.43. The van der Waals surface area contributed by atoms with E-state index in [0.717, 1.165) is 44.0 Å².